The molecule has 0 atom stereocenters. The summed E-state index contributed by atoms with van der Waals surface area (Å²) in [6.45, 7) is 5.88. The van der Waals surface area contributed by atoms with Crippen molar-refractivity contribution in [2.75, 3.05) is 18.0 Å². The van der Waals surface area contributed by atoms with Crippen LogP contribution in [0.15, 0.2) is 95.7 Å². The molecule has 1 saturated heterocycles. The number of benzene rings is 3. The monoisotopic (exact) mass is 425 g/mol. The van der Waals surface area contributed by atoms with E-state index in [0.29, 0.717) is 24.9 Å². The van der Waals surface area contributed by atoms with E-state index >= 15 is 0 Å². The summed E-state index contributed by atoms with van der Waals surface area (Å²) in [6, 6.07) is 28.7. The maximum absolute atomic E-state index is 12.8. The number of hydrogen-bond acceptors (Lipinski definition) is 4. The Hall–Kier alpha value is -3.86. The van der Waals surface area contributed by atoms with Crippen molar-refractivity contribution >= 4 is 29.4 Å². The summed E-state index contributed by atoms with van der Waals surface area (Å²) < 4.78 is 5.85. The van der Waals surface area contributed by atoms with Gasteiger partial charge >= 0.3 is 6.02 Å². The molecule has 0 spiro atoms. The molecule has 0 N–H and O–H groups in total. The van der Waals surface area contributed by atoms with E-state index in [2.05, 4.69) is 41.1 Å². The van der Waals surface area contributed by atoms with Crippen molar-refractivity contribution in [1.29, 1.82) is 0 Å². The van der Waals surface area contributed by atoms with Crippen LogP contribution < -0.4 is 4.90 Å². The predicted octanol–water partition coefficient (Wildman–Crippen LogP) is 5.62. The normalized spacial score (nSPS) is 15.9. The Morgan fingerprint density at radius 1 is 0.875 bits per heavy atom. The Morgan fingerprint density at radius 2 is 1.50 bits per heavy atom. The van der Waals surface area contributed by atoms with Gasteiger partial charge in [0, 0.05) is 24.5 Å². The van der Waals surface area contributed by atoms with Gasteiger partial charge in [-0.1, -0.05) is 60.7 Å². The van der Waals surface area contributed by atoms with Crippen LogP contribution in [-0.2, 0) is 16.1 Å². The Morgan fingerprint density at radius 3 is 2.12 bits per heavy atom. The van der Waals surface area contributed by atoms with Gasteiger partial charge in [0.2, 0.25) is 0 Å². The summed E-state index contributed by atoms with van der Waals surface area (Å²) in [7, 11) is 0. The first kappa shape index (κ1) is 21.4. The lowest BCUT2D eigenvalue weighted by Crippen LogP contribution is -2.29. The van der Waals surface area contributed by atoms with Crippen molar-refractivity contribution in [3.05, 3.63) is 102 Å². The minimum Gasteiger partial charge on any atom is -0.420 e. The summed E-state index contributed by atoms with van der Waals surface area (Å²) in [5.41, 5.74) is 4.22. The Bertz CT molecular complexity index is 1110. The van der Waals surface area contributed by atoms with Crippen LogP contribution >= 0.6 is 0 Å². The van der Waals surface area contributed by atoms with Crippen LogP contribution in [-0.4, -0.2) is 29.9 Å². The third-order valence-electron chi connectivity index (χ3n) is 5.33. The SMILES string of the molecule is CCN1C(=O)/C(=C\c2ccc(N(CC)c3ccccc3)cc2)O/C1=N/Cc1ccccc1. The van der Waals surface area contributed by atoms with Gasteiger partial charge in [0.05, 0.1) is 6.54 Å². The maximum Gasteiger partial charge on any atom is 0.300 e. The molecule has 1 fully saturated rings. The second kappa shape index (κ2) is 9.96. The number of ether oxygens (including phenoxy) is 1. The summed E-state index contributed by atoms with van der Waals surface area (Å²) >= 11 is 0. The minimum absolute atomic E-state index is 0.164. The van der Waals surface area contributed by atoms with Crippen LogP contribution in [0.5, 0.6) is 0 Å². The maximum atomic E-state index is 12.8. The van der Waals surface area contributed by atoms with Crippen molar-refractivity contribution in [3.8, 4) is 0 Å². The van der Waals surface area contributed by atoms with Gasteiger partial charge in [0.25, 0.3) is 5.91 Å². The van der Waals surface area contributed by atoms with E-state index in [1.807, 2.05) is 67.6 Å². The summed E-state index contributed by atoms with van der Waals surface area (Å²) in [5.74, 6) is 0.129. The van der Waals surface area contributed by atoms with Crippen molar-refractivity contribution in [3.63, 3.8) is 0 Å². The molecule has 32 heavy (non-hydrogen) atoms. The molecule has 3 aromatic carbocycles. The molecule has 5 heteroatoms. The number of hydrogen-bond donors (Lipinski definition) is 0. The molecular weight excluding hydrogens is 398 g/mol. The largest absolute Gasteiger partial charge is 0.420 e. The van der Waals surface area contributed by atoms with Gasteiger partial charge in [-0.2, -0.15) is 0 Å². The molecule has 0 radical (unpaired) electrons. The lowest BCUT2D eigenvalue weighted by atomic mass is 10.1. The number of anilines is 2. The second-order valence-corrected chi connectivity index (χ2v) is 7.42. The first-order chi connectivity index (χ1) is 15.7. The molecule has 1 aliphatic heterocycles. The molecule has 3 aromatic rings. The van der Waals surface area contributed by atoms with Gasteiger partial charge in [0.1, 0.15) is 0 Å². The number of rotatable bonds is 7. The summed E-state index contributed by atoms with van der Waals surface area (Å²) in [5, 5.41) is 0. The number of para-hydroxylation sites is 1. The molecule has 0 aromatic heterocycles. The Labute approximate surface area is 189 Å². The molecule has 0 saturated carbocycles. The number of carbonyl (C=O) groups excluding carboxylic acids is 1. The zero-order chi connectivity index (χ0) is 22.3. The number of nitrogens with zero attached hydrogens (tertiary/aromatic N) is 3. The summed E-state index contributed by atoms with van der Waals surface area (Å²) in [4.78, 5) is 21.1. The lowest BCUT2D eigenvalue weighted by Gasteiger charge is -2.23. The van der Waals surface area contributed by atoms with Crippen LogP contribution in [0.4, 0.5) is 11.4 Å². The number of amides is 1. The fraction of sp³-hybridized carbons (Fsp3) is 0.185. The van der Waals surface area contributed by atoms with Crippen molar-refractivity contribution < 1.29 is 9.53 Å². The summed E-state index contributed by atoms with van der Waals surface area (Å²) in [6.07, 6.45) is 1.78. The van der Waals surface area contributed by atoms with Crippen LogP contribution in [0.1, 0.15) is 25.0 Å². The molecule has 0 bridgehead atoms. The number of likely N-dealkylation sites (N-methyl/N-ethyl adjacent to an activating group) is 1. The van der Waals surface area contributed by atoms with Gasteiger partial charge < -0.3 is 9.64 Å². The van der Waals surface area contributed by atoms with Gasteiger partial charge in [-0.05, 0) is 55.3 Å². The van der Waals surface area contributed by atoms with Crippen LogP contribution in [0.2, 0.25) is 0 Å². The molecule has 162 valence electrons. The van der Waals surface area contributed by atoms with Gasteiger partial charge in [-0.3, -0.25) is 9.69 Å². The fourth-order valence-corrected chi connectivity index (χ4v) is 3.67. The highest BCUT2D eigenvalue weighted by atomic mass is 16.5. The van der Waals surface area contributed by atoms with Crippen molar-refractivity contribution in [1.82, 2.24) is 4.90 Å². The molecule has 1 heterocycles. The van der Waals surface area contributed by atoms with Gasteiger partial charge in [-0.15, -0.1) is 0 Å². The Balaban J connectivity index is 1.52. The highest BCUT2D eigenvalue weighted by molar-refractivity contribution is 6.11. The van der Waals surface area contributed by atoms with E-state index in [1.54, 1.807) is 11.0 Å². The molecule has 1 aliphatic rings. The zero-order valence-electron chi connectivity index (χ0n) is 18.4. The highest BCUT2D eigenvalue weighted by Crippen LogP contribution is 2.26. The smallest absolute Gasteiger partial charge is 0.300 e. The average molecular weight is 426 g/mol. The molecule has 5 nitrogen and oxygen atoms in total. The first-order valence-corrected chi connectivity index (χ1v) is 10.9. The average Bonchev–Trinajstić information content (AvgIpc) is 3.14. The number of carbonyl (C=O) groups is 1. The standard InChI is InChI=1S/C27H27N3O2/c1-3-29(23-13-9-6-10-14-23)24-17-15-21(16-18-24)19-25-26(31)30(4-2)27(32-25)28-20-22-11-7-5-8-12-22/h5-19H,3-4,20H2,1-2H3/b25-19+,28-27+. The molecule has 4 rings (SSSR count). The van der Waals surface area contributed by atoms with Crippen LogP contribution in [0, 0.1) is 0 Å². The van der Waals surface area contributed by atoms with E-state index in [-0.39, 0.29) is 5.91 Å². The third kappa shape index (κ3) is 4.72. The molecule has 0 aliphatic carbocycles. The number of amidine groups is 1. The van der Waals surface area contributed by atoms with E-state index < -0.39 is 0 Å². The molecular formula is C27H27N3O2. The third-order valence-corrected chi connectivity index (χ3v) is 5.33. The lowest BCUT2D eigenvalue weighted by molar-refractivity contribution is -0.122. The van der Waals surface area contributed by atoms with E-state index in [0.717, 1.165) is 29.0 Å². The van der Waals surface area contributed by atoms with E-state index in [4.69, 9.17) is 4.74 Å². The topological polar surface area (TPSA) is 45.1 Å². The minimum atomic E-state index is -0.164. The van der Waals surface area contributed by atoms with E-state index in [1.165, 1.54) is 0 Å². The molecule has 0 unspecified atom stereocenters. The molecule has 1 amide bonds. The van der Waals surface area contributed by atoms with Crippen LogP contribution in [0.25, 0.3) is 6.08 Å². The number of aliphatic imine (C=N–C) groups is 1. The van der Waals surface area contributed by atoms with Gasteiger partial charge in [-0.25, -0.2) is 4.99 Å². The van der Waals surface area contributed by atoms with E-state index in [9.17, 15) is 4.79 Å². The highest BCUT2D eigenvalue weighted by Gasteiger charge is 2.33. The Kier molecular flexibility index (Phi) is 6.66. The van der Waals surface area contributed by atoms with Crippen molar-refractivity contribution in [2.24, 2.45) is 4.99 Å². The van der Waals surface area contributed by atoms with Crippen LogP contribution in [0.3, 0.4) is 0 Å². The fourth-order valence-electron chi connectivity index (χ4n) is 3.67. The quantitative estimate of drug-likeness (QED) is 0.462. The van der Waals surface area contributed by atoms with Crippen molar-refractivity contribution in [2.45, 2.75) is 20.4 Å². The second-order valence-electron chi connectivity index (χ2n) is 7.42. The first-order valence-electron chi connectivity index (χ1n) is 10.9. The predicted molar refractivity (Wildman–Crippen MR) is 130 cm³/mol. The zero-order valence-corrected chi connectivity index (χ0v) is 18.4. The van der Waals surface area contributed by atoms with Gasteiger partial charge in [0.15, 0.2) is 5.76 Å².